The monoisotopic (exact) mass is 299 g/mol. The molecule has 1 aliphatic heterocycles. The van der Waals surface area contributed by atoms with Gasteiger partial charge < -0.3 is 5.73 Å². The fourth-order valence-electron chi connectivity index (χ4n) is 2.03. The minimum Gasteiger partial charge on any atom is -0.326 e. The van der Waals surface area contributed by atoms with Crippen molar-refractivity contribution in [3.8, 4) is 0 Å². The number of nitrogens with zero attached hydrogens (tertiary/aromatic N) is 2. The number of rotatable bonds is 3. The molecule has 1 heterocycles. The van der Waals surface area contributed by atoms with Crippen LogP contribution in [0, 0.1) is 10.1 Å². The zero-order valence-electron chi connectivity index (χ0n) is 9.30. The zero-order valence-corrected chi connectivity index (χ0v) is 10.9. The molecule has 1 aliphatic rings. The number of nitrogens with two attached hydrogens (primary N) is 1. The smallest absolute Gasteiger partial charge is 0.270 e. The van der Waals surface area contributed by atoms with Crippen molar-refractivity contribution >= 4 is 21.6 Å². The first-order valence-corrected chi connectivity index (χ1v) is 6.26. The molecule has 5 nitrogen and oxygen atoms in total. The van der Waals surface area contributed by atoms with Crippen molar-refractivity contribution in [3.05, 3.63) is 38.3 Å². The summed E-state index contributed by atoms with van der Waals surface area (Å²) in [6.07, 6.45) is 1.02. The van der Waals surface area contributed by atoms with Crippen LogP contribution in [0.15, 0.2) is 22.7 Å². The van der Waals surface area contributed by atoms with Gasteiger partial charge >= 0.3 is 0 Å². The van der Waals surface area contributed by atoms with Crippen LogP contribution in [-0.4, -0.2) is 29.0 Å². The largest absolute Gasteiger partial charge is 0.326 e. The second-order valence-electron chi connectivity index (χ2n) is 4.32. The van der Waals surface area contributed by atoms with Gasteiger partial charge in [-0.3, -0.25) is 15.0 Å². The third-order valence-corrected chi connectivity index (χ3v) is 3.69. The van der Waals surface area contributed by atoms with Gasteiger partial charge in [-0.2, -0.15) is 0 Å². The van der Waals surface area contributed by atoms with Gasteiger partial charge in [0.05, 0.1) is 4.92 Å². The zero-order chi connectivity index (χ0) is 12.4. The number of benzene rings is 1. The Morgan fingerprint density at radius 1 is 1.59 bits per heavy atom. The molecule has 1 atom stereocenters. The van der Waals surface area contributed by atoms with Gasteiger partial charge in [0.25, 0.3) is 5.69 Å². The first-order valence-electron chi connectivity index (χ1n) is 5.47. The van der Waals surface area contributed by atoms with E-state index in [1.54, 1.807) is 12.1 Å². The van der Waals surface area contributed by atoms with Gasteiger partial charge in [-0.25, -0.2) is 0 Å². The van der Waals surface area contributed by atoms with Crippen molar-refractivity contribution in [2.75, 3.05) is 13.1 Å². The summed E-state index contributed by atoms with van der Waals surface area (Å²) in [5.41, 5.74) is 7.01. The fraction of sp³-hybridized carbons (Fsp3) is 0.455. The lowest BCUT2D eigenvalue weighted by Crippen LogP contribution is -2.26. The first-order chi connectivity index (χ1) is 8.06. The Morgan fingerprint density at radius 3 is 2.88 bits per heavy atom. The number of nitro groups is 1. The molecule has 0 aromatic heterocycles. The lowest BCUT2D eigenvalue weighted by Gasteiger charge is -2.15. The number of halogens is 1. The molecular formula is C11H14BrN3O2. The van der Waals surface area contributed by atoms with Crippen LogP contribution in [0.4, 0.5) is 5.69 Å². The van der Waals surface area contributed by atoms with Crippen LogP contribution in [0.5, 0.6) is 0 Å². The van der Waals surface area contributed by atoms with E-state index in [0.717, 1.165) is 36.1 Å². The average molecular weight is 300 g/mol. The molecule has 1 saturated heterocycles. The number of hydrogen-bond donors (Lipinski definition) is 1. The van der Waals surface area contributed by atoms with E-state index in [1.807, 2.05) is 0 Å². The van der Waals surface area contributed by atoms with Crippen LogP contribution in [0.25, 0.3) is 0 Å². The van der Waals surface area contributed by atoms with Crippen LogP contribution in [0.3, 0.4) is 0 Å². The van der Waals surface area contributed by atoms with Crippen molar-refractivity contribution in [2.24, 2.45) is 5.73 Å². The molecule has 1 aromatic rings. The lowest BCUT2D eigenvalue weighted by molar-refractivity contribution is -0.384. The maximum absolute atomic E-state index is 10.6. The third kappa shape index (κ3) is 3.02. The molecule has 1 aromatic carbocycles. The van der Waals surface area contributed by atoms with E-state index < -0.39 is 0 Å². The summed E-state index contributed by atoms with van der Waals surface area (Å²) in [6.45, 7) is 2.67. The molecule has 0 radical (unpaired) electrons. The van der Waals surface area contributed by atoms with Crippen LogP contribution < -0.4 is 5.73 Å². The molecule has 0 amide bonds. The van der Waals surface area contributed by atoms with Crippen molar-refractivity contribution in [1.29, 1.82) is 0 Å². The number of hydrogen-bond acceptors (Lipinski definition) is 4. The molecule has 1 unspecified atom stereocenters. The Labute approximate surface area is 108 Å². The number of nitro benzene ring substituents is 1. The van der Waals surface area contributed by atoms with Crippen LogP contribution >= 0.6 is 15.9 Å². The van der Waals surface area contributed by atoms with E-state index in [-0.39, 0.29) is 16.7 Å². The average Bonchev–Trinajstić information content (AvgIpc) is 2.67. The van der Waals surface area contributed by atoms with Gasteiger partial charge in [0.15, 0.2) is 0 Å². The molecule has 0 spiro atoms. The quantitative estimate of drug-likeness (QED) is 0.683. The van der Waals surface area contributed by atoms with Crippen molar-refractivity contribution in [1.82, 2.24) is 4.90 Å². The van der Waals surface area contributed by atoms with E-state index >= 15 is 0 Å². The Morgan fingerprint density at radius 2 is 2.35 bits per heavy atom. The van der Waals surface area contributed by atoms with Gasteiger partial charge in [-0.15, -0.1) is 0 Å². The van der Waals surface area contributed by atoms with Gasteiger partial charge in [0.1, 0.15) is 0 Å². The summed E-state index contributed by atoms with van der Waals surface area (Å²) in [6, 6.07) is 5.14. The number of likely N-dealkylation sites (tertiary alicyclic amines) is 1. The maximum atomic E-state index is 10.6. The van der Waals surface area contributed by atoms with E-state index in [4.69, 9.17) is 5.73 Å². The molecule has 17 heavy (non-hydrogen) atoms. The molecule has 1 fully saturated rings. The van der Waals surface area contributed by atoms with Gasteiger partial charge in [0, 0.05) is 42.3 Å². The predicted molar refractivity (Wildman–Crippen MR) is 68.7 cm³/mol. The summed E-state index contributed by atoms with van der Waals surface area (Å²) < 4.78 is 0.784. The van der Waals surface area contributed by atoms with Gasteiger partial charge in [-0.1, -0.05) is 15.9 Å². The topological polar surface area (TPSA) is 72.4 Å². The van der Waals surface area contributed by atoms with E-state index in [0.29, 0.717) is 0 Å². The molecule has 0 aliphatic carbocycles. The molecule has 2 N–H and O–H groups in total. The van der Waals surface area contributed by atoms with Gasteiger partial charge in [-0.05, 0) is 18.1 Å². The van der Waals surface area contributed by atoms with Crippen LogP contribution in [-0.2, 0) is 6.54 Å². The minimum absolute atomic E-state index is 0.110. The molecule has 2 rings (SSSR count). The highest BCUT2D eigenvalue weighted by Crippen LogP contribution is 2.25. The van der Waals surface area contributed by atoms with Gasteiger partial charge in [0.2, 0.25) is 0 Å². The summed E-state index contributed by atoms with van der Waals surface area (Å²) >= 11 is 3.38. The SMILES string of the molecule is NC1CCN(Cc2ccc([N+](=O)[O-])cc2Br)C1. The third-order valence-electron chi connectivity index (χ3n) is 2.95. The molecular weight excluding hydrogens is 286 g/mol. The first kappa shape index (κ1) is 12.5. The highest BCUT2D eigenvalue weighted by Gasteiger charge is 2.20. The predicted octanol–water partition coefficient (Wildman–Crippen LogP) is 1.89. The molecule has 92 valence electrons. The van der Waals surface area contributed by atoms with Crippen molar-refractivity contribution in [2.45, 2.75) is 19.0 Å². The summed E-state index contributed by atoms with van der Waals surface area (Å²) in [5, 5.41) is 10.6. The second kappa shape index (κ2) is 5.12. The molecule has 0 bridgehead atoms. The minimum atomic E-state index is -0.389. The van der Waals surface area contributed by atoms with Crippen LogP contribution in [0.2, 0.25) is 0 Å². The number of non-ortho nitro benzene ring substituents is 1. The van der Waals surface area contributed by atoms with E-state index in [1.165, 1.54) is 6.07 Å². The normalized spacial score (nSPS) is 20.7. The Kier molecular flexibility index (Phi) is 3.76. The van der Waals surface area contributed by atoms with E-state index in [9.17, 15) is 10.1 Å². The van der Waals surface area contributed by atoms with Crippen molar-refractivity contribution in [3.63, 3.8) is 0 Å². The van der Waals surface area contributed by atoms with Crippen molar-refractivity contribution < 1.29 is 4.92 Å². The molecule has 6 heteroatoms. The fourth-order valence-corrected chi connectivity index (χ4v) is 2.52. The summed E-state index contributed by atoms with van der Waals surface area (Å²) in [5.74, 6) is 0. The Bertz CT molecular complexity index is 439. The highest BCUT2D eigenvalue weighted by atomic mass is 79.9. The lowest BCUT2D eigenvalue weighted by atomic mass is 10.2. The summed E-state index contributed by atoms with van der Waals surface area (Å²) in [7, 11) is 0. The summed E-state index contributed by atoms with van der Waals surface area (Å²) in [4.78, 5) is 12.5. The second-order valence-corrected chi connectivity index (χ2v) is 5.17. The Balaban J connectivity index is 2.09. The highest BCUT2D eigenvalue weighted by molar-refractivity contribution is 9.10. The standard InChI is InChI=1S/C11H14BrN3O2/c12-11-5-10(15(16)17)2-1-8(11)6-14-4-3-9(13)7-14/h1-2,5,9H,3-4,6-7,13H2. The Hall–Kier alpha value is -0.980. The maximum Gasteiger partial charge on any atom is 0.270 e. The van der Waals surface area contributed by atoms with E-state index in [2.05, 4.69) is 20.8 Å². The van der Waals surface area contributed by atoms with Crippen LogP contribution in [0.1, 0.15) is 12.0 Å². The molecule has 0 saturated carbocycles.